The van der Waals surface area contributed by atoms with Crippen molar-refractivity contribution in [2.75, 3.05) is 13.1 Å². The van der Waals surface area contributed by atoms with Gasteiger partial charge in [-0.25, -0.2) is 0 Å². The minimum absolute atomic E-state index is 0.270. The number of hydrogen-bond donors (Lipinski definition) is 0. The van der Waals surface area contributed by atoms with E-state index in [0.717, 1.165) is 13.1 Å². The van der Waals surface area contributed by atoms with E-state index in [2.05, 4.69) is 99.4 Å². The van der Waals surface area contributed by atoms with Crippen molar-refractivity contribution in [3.8, 4) is 0 Å². The largest absolute Gasteiger partial charge is 0.411 e. The number of benzene rings is 2. The van der Waals surface area contributed by atoms with Crippen molar-refractivity contribution in [1.29, 1.82) is 0 Å². The smallest absolute Gasteiger partial charge is 0.192 e. The summed E-state index contributed by atoms with van der Waals surface area (Å²) in [5, 5.41) is 0.270. The van der Waals surface area contributed by atoms with Crippen LogP contribution >= 0.6 is 0 Å². The maximum Gasteiger partial charge on any atom is 0.192 e. The summed E-state index contributed by atoms with van der Waals surface area (Å²) in [6.07, 6.45) is 0.371. The van der Waals surface area contributed by atoms with E-state index < -0.39 is 8.32 Å². The number of hydrogen-bond acceptors (Lipinski definition) is 2. The molecule has 3 rings (SSSR count). The maximum absolute atomic E-state index is 6.59. The molecule has 1 aliphatic rings. The van der Waals surface area contributed by atoms with Crippen molar-refractivity contribution in [3.05, 3.63) is 71.8 Å². The molecule has 0 aromatic heterocycles. The first-order valence-electron chi connectivity index (χ1n) is 9.30. The molecule has 1 fully saturated rings. The quantitative estimate of drug-likeness (QED) is 0.660. The van der Waals surface area contributed by atoms with E-state index in [1.54, 1.807) is 0 Å². The molecule has 0 amide bonds. The molecule has 0 aliphatic carbocycles. The van der Waals surface area contributed by atoms with Crippen LogP contribution in [0.1, 0.15) is 37.9 Å². The summed E-state index contributed by atoms with van der Waals surface area (Å²) in [4.78, 5) is 2.54. The molecule has 25 heavy (non-hydrogen) atoms. The maximum atomic E-state index is 6.59. The van der Waals surface area contributed by atoms with Crippen molar-refractivity contribution in [2.24, 2.45) is 0 Å². The van der Waals surface area contributed by atoms with E-state index in [1.165, 1.54) is 11.1 Å². The van der Waals surface area contributed by atoms with E-state index >= 15 is 0 Å². The second kappa shape index (κ2) is 7.06. The molecule has 0 bridgehead atoms. The van der Waals surface area contributed by atoms with Crippen LogP contribution in [0.4, 0.5) is 0 Å². The summed E-state index contributed by atoms with van der Waals surface area (Å²) >= 11 is 0. The molecule has 2 nitrogen and oxygen atoms in total. The second-order valence-electron chi connectivity index (χ2n) is 8.68. The van der Waals surface area contributed by atoms with Crippen LogP contribution in [0.25, 0.3) is 0 Å². The third kappa shape index (κ3) is 4.05. The van der Waals surface area contributed by atoms with Gasteiger partial charge in [0.15, 0.2) is 8.32 Å². The summed E-state index contributed by atoms with van der Waals surface area (Å²) in [5.74, 6) is 0. The van der Waals surface area contributed by atoms with Crippen molar-refractivity contribution in [3.63, 3.8) is 0 Å². The van der Waals surface area contributed by atoms with Crippen LogP contribution in [0, 0.1) is 0 Å². The number of nitrogens with zero attached hydrogens (tertiary/aromatic N) is 1. The number of rotatable bonds is 5. The molecule has 0 unspecified atom stereocenters. The molecular formula is C22H31NOSi. The molecule has 0 atom stereocenters. The summed E-state index contributed by atoms with van der Waals surface area (Å²) in [5.41, 5.74) is 2.72. The second-order valence-corrected chi connectivity index (χ2v) is 13.4. The van der Waals surface area contributed by atoms with Crippen LogP contribution in [0.3, 0.4) is 0 Å². The topological polar surface area (TPSA) is 12.5 Å². The molecule has 0 saturated carbocycles. The third-order valence-corrected chi connectivity index (χ3v) is 10.3. The Morgan fingerprint density at radius 1 is 0.880 bits per heavy atom. The average molecular weight is 354 g/mol. The average Bonchev–Trinajstić information content (AvgIpc) is 2.53. The Morgan fingerprint density at radius 2 is 1.32 bits per heavy atom. The number of likely N-dealkylation sites (tertiary alicyclic amines) is 1. The van der Waals surface area contributed by atoms with Gasteiger partial charge < -0.3 is 4.43 Å². The first kappa shape index (κ1) is 18.4. The summed E-state index contributed by atoms with van der Waals surface area (Å²) < 4.78 is 6.59. The Hall–Kier alpha value is -1.42. The Balaban J connectivity index is 1.73. The van der Waals surface area contributed by atoms with Gasteiger partial charge in [-0.05, 0) is 29.3 Å². The standard InChI is InChI=1S/C22H31NOSi/c1-22(2,3)25(4,5)24-20-16-23(17-20)21(18-12-8-6-9-13-18)19-14-10-7-11-15-19/h6-15,20-21H,16-17H2,1-5H3. The predicted molar refractivity (Wildman–Crippen MR) is 108 cm³/mol. The lowest BCUT2D eigenvalue weighted by Gasteiger charge is -2.49. The molecule has 0 radical (unpaired) electrons. The Kier molecular flexibility index (Phi) is 5.19. The highest BCUT2D eigenvalue weighted by atomic mass is 28.4. The van der Waals surface area contributed by atoms with Crippen LogP contribution in [-0.2, 0) is 4.43 Å². The van der Waals surface area contributed by atoms with Gasteiger partial charge in [0.1, 0.15) is 0 Å². The molecule has 1 aliphatic heterocycles. The van der Waals surface area contributed by atoms with Gasteiger partial charge in [0.05, 0.1) is 12.1 Å². The zero-order valence-corrected chi connectivity index (χ0v) is 17.2. The van der Waals surface area contributed by atoms with Crippen molar-refractivity contribution in [1.82, 2.24) is 4.90 Å². The van der Waals surface area contributed by atoms with E-state index in [1.807, 2.05) is 0 Å². The lowest BCUT2D eigenvalue weighted by Crippen LogP contribution is -2.58. The fourth-order valence-corrected chi connectivity index (χ4v) is 4.57. The van der Waals surface area contributed by atoms with Crippen molar-refractivity contribution >= 4 is 8.32 Å². The highest BCUT2D eigenvalue weighted by molar-refractivity contribution is 6.74. The molecule has 0 N–H and O–H groups in total. The summed E-state index contributed by atoms with van der Waals surface area (Å²) in [6.45, 7) is 13.7. The highest BCUT2D eigenvalue weighted by Crippen LogP contribution is 2.40. The molecule has 1 heterocycles. The van der Waals surface area contributed by atoms with Gasteiger partial charge in [-0.2, -0.15) is 0 Å². The zero-order valence-electron chi connectivity index (χ0n) is 16.2. The monoisotopic (exact) mass is 353 g/mol. The molecular weight excluding hydrogens is 322 g/mol. The third-order valence-electron chi connectivity index (χ3n) is 5.74. The van der Waals surface area contributed by atoms with E-state index in [4.69, 9.17) is 4.43 Å². The highest BCUT2D eigenvalue weighted by Gasteiger charge is 2.43. The van der Waals surface area contributed by atoms with Crippen LogP contribution in [0.5, 0.6) is 0 Å². The van der Waals surface area contributed by atoms with Crippen molar-refractivity contribution < 1.29 is 4.43 Å². The minimum atomic E-state index is -1.69. The van der Waals surface area contributed by atoms with E-state index in [-0.39, 0.29) is 5.04 Å². The van der Waals surface area contributed by atoms with Crippen LogP contribution in [0.15, 0.2) is 60.7 Å². The van der Waals surface area contributed by atoms with Crippen molar-refractivity contribution in [2.45, 2.75) is 51.0 Å². The minimum Gasteiger partial charge on any atom is -0.411 e. The zero-order chi connectivity index (χ0) is 18.1. The van der Waals surface area contributed by atoms with Gasteiger partial charge in [0.2, 0.25) is 0 Å². The first-order valence-corrected chi connectivity index (χ1v) is 12.2. The van der Waals surface area contributed by atoms with E-state index in [0.29, 0.717) is 12.1 Å². The summed E-state index contributed by atoms with van der Waals surface area (Å²) in [7, 11) is -1.69. The predicted octanol–water partition coefficient (Wildman–Crippen LogP) is 5.48. The Morgan fingerprint density at radius 3 is 1.72 bits per heavy atom. The van der Waals surface area contributed by atoms with Gasteiger partial charge >= 0.3 is 0 Å². The van der Waals surface area contributed by atoms with Crippen LogP contribution < -0.4 is 0 Å². The Bertz CT molecular complexity index is 633. The molecule has 3 heteroatoms. The molecule has 134 valence electrons. The van der Waals surface area contributed by atoms with Gasteiger partial charge in [0.25, 0.3) is 0 Å². The fourth-order valence-electron chi connectivity index (χ4n) is 3.23. The normalized spacial score (nSPS) is 16.9. The molecule has 0 spiro atoms. The lowest BCUT2D eigenvalue weighted by molar-refractivity contribution is -0.00787. The van der Waals surface area contributed by atoms with Gasteiger partial charge in [-0.15, -0.1) is 0 Å². The fraction of sp³-hybridized carbons (Fsp3) is 0.455. The molecule has 2 aromatic carbocycles. The Labute approximate surface area is 154 Å². The SMILES string of the molecule is CC(C)(C)[Si](C)(C)OC1CN(C(c2ccccc2)c2ccccc2)C1. The van der Waals surface area contributed by atoms with Crippen LogP contribution in [0.2, 0.25) is 18.1 Å². The molecule has 1 saturated heterocycles. The summed E-state index contributed by atoms with van der Waals surface area (Å²) in [6, 6.07) is 22.0. The first-order chi connectivity index (χ1) is 11.8. The van der Waals surface area contributed by atoms with Gasteiger partial charge in [-0.3, -0.25) is 4.90 Å². The van der Waals surface area contributed by atoms with Gasteiger partial charge in [0, 0.05) is 13.1 Å². The van der Waals surface area contributed by atoms with E-state index in [9.17, 15) is 0 Å². The lowest BCUT2D eigenvalue weighted by atomic mass is 9.94. The molecule has 2 aromatic rings. The van der Waals surface area contributed by atoms with Crippen LogP contribution in [-0.4, -0.2) is 32.4 Å². The van der Waals surface area contributed by atoms with Gasteiger partial charge in [-0.1, -0.05) is 81.4 Å².